The van der Waals surface area contributed by atoms with Gasteiger partial charge >= 0.3 is 0 Å². The number of carbonyl (C=O) groups excluding carboxylic acids is 1. The second-order valence-electron chi connectivity index (χ2n) is 5.99. The largest absolute Gasteiger partial charge is 0.495 e. The third-order valence-electron chi connectivity index (χ3n) is 3.95. The van der Waals surface area contributed by atoms with Crippen LogP contribution in [0.15, 0.2) is 48.5 Å². The summed E-state index contributed by atoms with van der Waals surface area (Å²) in [5.41, 5.74) is 2.91. The van der Waals surface area contributed by atoms with Gasteiger partial charge < -0.3 is 15.2 Å². The molecule has 0 radical (unpaired) electrons. The van der Waals surface area contributed by atoms with Crippen LogP contribution in [0.5, 0.6) is 5.75 Å². The van der Waals surface area contributed by atoms with Crippen molar-refractivity contribution in [1.82, 2.24) is 4.90 Å². The molecule has 0 aliphatic rings. The maximum absolute atomic E-state index is 12.3. The minimum absolute atomic E-state index is 0.0695. The number of methoxy groups -OCH3 is 1. The molecule has 0 atom stereocenters. The molecule has 2 aromatic carbocycles. The van der Waals surface area contributed by atoms with E-state index < -0.39 is 0 Å². The SMILES string of the molecule is COc1ccc(C)cc1NC(=O)CCN(CCO)Cc1ccccc1. The normalized spacial score (nSPS) is 10.7. The van der Waals surface area contributed by atoms with Crippen LogP contribution >= 0.6 is 0 Å². The molecule has 0 spiro atoms. The van der Waals surface area contributed by atoms with Gasteiger partial charge in [0.2, 0.25) is 5.91 Å². The zero-order chi connectivity index (χ0) is 18.1. The van der Waals surface area contributed by atoms with Gasteiger partial charge in [-0.1, -0.05) is 36.4 Å². The lowest BCUT2D eigenvalue weighted by atomic mass is 10.2. The standard InChI is InChI=1S/C20H26N2O3/c1-16-8-9-19(25-2)18(14-16)21-20(24)10-11-22(12-13-23)15-17-6-4-3-5-7-17/h3-9,14,23H,10-13,15H2,1-2H3,(H,21,24). The van der Waals surface area contributed by atoms with E-state index in [4.69, 9.17) is 4.74 Å². The topological polar surface area (TPSA) is 61.8 Å². The number of hydrogen-bond donors (Lipinski definition) is 2. The molecule has 0 fully saturated rings. The molecule has 2 rings (SSSR count). The molecule has 0 saturated carbocycles. The first-order valence-corrected chi connectivity index (χ1v) is 8.44. The molecule has 1 amide bonds. The first-order chi connectivity index (χ1) is 12.1. The maximum Gasteiger partial charge on any atom is 0.225 e. The van der Waals surface area contributed by atoms with Gasteiger partial charge in [0.1, 0.15) is 5.75 Å². The smallest absolute Gasteiger partial charge is 0.225 e. The Hall–Kier alpha value is -2.37. The van der Waals surface area contributed by atoms with E-state index in [9.17, 15) is 9.90 Å². The summed E-state index contributed by atoms with van der Waals surface area (Å²) in [7, 11) is 1.59. The highest BCUT2D eigenvalue weighted by molar-refractivity contribution is 5.92. The van der Waals surface area contributed by atoms with Crippen molar-refractivity contribution >= 4 is 11.6 Å². The summed E-state index contributed by atoms with van der Waals surface area (Å²) in [5.74, 6) is 0.579. The van der Waals surface area contributed by atoms with E-state index in [1.54, 1.807) is 7.11 Å². The van der Waals surface area contributed by atoms with Crippen molar-refractivity contribution in [2.24, 2.45) is 0 Å². The second kappa shape index (κ2) is 9.81. The lowest BCUT2D eigenvalue weighted by Crippen LogP contribution is -2.30. The number of rotatable bonds is 9. The summed E-state index contributed by atoms with van der Waals surface area (Å²) in [6, 6.07) is 15.7. The van der Waals surface area contributed by atoms with Crippen molar-refractivity contribution in [2.75, 3.05) is 32.1 Å². The number of aliphatic hydroxyl groups excluding tert-OH is 1. The molecular weight excluding hydrogens is 316 g/mol. The Morgan fingerprint density at radius 3 is 2.60 bits per heavy atom. The van der Waals surface area contributed by atoms with E-state index >= 15 is 0 Å². The number of benzene rings is 2. The minimum Gasteiger partial charge on any atom is -0.495 e. The van der Waals surface area contributed by atoms with Crippen molar-refractivity contribution in [3.8, 4) is 5.75 Å². The van der Waals surface area contributed by atoms with Gasteiger partial charge in [0.25, 0.3) is 0 Å². The highest BCUT2D eigenvalue weighted by Crippen LogP contribution is 2.25. The molecular formula is C20H26N2O3. The van der Waals surface area contributed by atoms with E-state index in [0.717, 1.165) is 11.1 Å². The number of anilines is 1. The third-order valence-corrected chi connectivity index (χ3v) is 3.95. The van der Waals surface area contributed by atoms with Gasteiger partial charge in [-0.05, 0) is 30.2 Å². The number of ether oxygens (including phenoxy) is 1. The molecule has 0 aromatic heterocycles. The van der Waals surface area contributed by atoms with Gasteiger partial charge in [-0.15, -0.1) is 0 Å². The highest BCUT2D eigenvalue weighted by atomic mass is 16.5. The first kappa shape index (κ1) is 19.0. The summed E-state index contributed by atoms with van der Waals surface area (Å²) in [5, 5.41) is 12.2. The summed E-state index contributed by atoms with van der Waals surface area (Å²) >= 11 is 0. The lowest BCUT2D eigenvalue weighted by molar-refractivity contribution is -0.116. The molecule has 0 bridgehead atoms. The summed E-state index contributed by atoms with van der Waals surface area (Å²) in [6.45, 7) is 3.87. The maximum atomic E-state index is 12.3. The van der Waals surface area contributed by atoms with E-state index in [2.05, 4.69) is 10.2 Å². The molecule has 0 saturated heterocycles. The zero-order valence-corrected chi connectivity index (χ0v) is 14.9. The Kier molecular flexibility index (Phi) is 7.44. The van der Waals surface area contributed by atoms with Crippen LogP contribution in [0.3, 0.4) is 0 Å². The van der Waals surface area contributed by atoms with Gasteiger partial charge in [-0.2, -0.15) is 0 Å². The minimum atomic E-state index is -0.0695. The second-order valence-corrected chi connectivity index (χ2v) is 5.99. The molecule has 0 aliphatic heterocycles. The van der Waals surface area contributed by atoms with Crippen LogP contribution in [0.1, 0.15) is 17.5 Å². The van der Waals surface area contributed by atoms with Crippen LogP contribution in [-0.4, -0.2) is 42.7 Å². The Balaban J connectivity index is 1.91. The van der Waals surface area contributed by atoms with Gasteiger partial charge in [0, 0.05) is 26.1 Å². The zero-order valence-electron chi connectivity index (χ0n) is 14.9. The van der Waals surface area contributed by atoms with Gasteiger partial charge in [-0.3, -0.25) is 9.69 Å². The fourth-order valence-electron chi connectivity index (χ4n) is 2.64. The number of aliphatic hydroxyl groups is 1. The fraction of sp³-hybridized carbons (Fsp3) is 0.350. The number of nitrogens with zero attached hydrogens (tertiary/aromatic N) is 1. The van der Waals surface area contributed by atoms with Crippen molar-refractivity contribution in [1.29, 1.82) is 0 Å². The Labute approximate surface area is 149 Å². The first-order valence-electron chi connectivity index (χ1n) is 8.44. The lowest BCUT2D eigenvalue weighted by Gasteiger charge is -2.21. The molecule has 134 valence electrons. The van der Waals surface area contributed by atoms with E-state index in [0.29, 0.717) is 37.5 Å². The van der Waals surface area contributed by atoms with Crippen molar-refractivity contribution < 1.29 is 14.6 Å². The molecule has 25 heavy (non-hydrogen) atoms. The quantitative estimate of drug-likeness (QED) is 0.736. The van der Waals surface area contributed by atoms with Crippen LogP contribution in [0, 0.1) is 6.92 Å². The number of amides is 1. The Morgan fingerprint density at radius 1 is 1.16 bits per heavy atom. The number of hydrogen-bond acceptors (Lipinski definition) is 4. The average Bonchev–Trinajstić information content (AvgIpc) is 2.61. The molecule has 5 nitrogen and oxygen atoms in total. The molecule has 5 heteroatoms. The highest BCUT2D eigenvalue weighted by Gasteiger charge is 2.11. The van der Waals surface area contributed by atoms with E-state index in [1.807, 2.05) is 55.5 Å². The van der Waals surface area contributed by atoms with Crippen LogP contribution in [0.4, 0.5) is 5.69 Å². The van der Waals surface area contributed by atoms with Crippen LogP contribution in [0.2, 0.25) is 0 Å². The molecule has 2 N–H and O–H groups in total. The van der Waals surface area contributed by atoms with Gasteiger partial charge in [0.05, 0.1) is 19.4 Å². The number of carbonyl (C=O) groups is 1. The van der Waals surface area contributed by atoms with E-state index in [-0.39, 0.29) is 12.5 Å². The Bertz CT molecular complexity index is 674. The van der Waals surface area contributed by atoms with Crippen LogP contribution < -0.4 is 10.1 Å². The average molecular weight is 342 g/mol. The van der Waals surface area contributed by atoms with Gasteiger partial charge in [-0.25, -0.2) is 0 Å². The molecule has 2 aromatic rings. The number of aryl methyl sites for hydroxylation is 1. The molecule has 0 heterocycles. The molecule has 0 unspecified atom stereocenters. The monoisotopic (exact) mass is 342 g/mol. The van der Waals surface area contributed by atoms with Crippen molar-refractivity contribution in [3.63, 3.8) is 0 Å². The van der Waals surface area contributed by atoms with Crippen LogP contribution in [-0.2, 0) is 11.3 Å². The predicted octanol–water partition coefficient (Wildman–Crippen LogP) is 2.83. The van der Waals surface area contributed by atoms with Crippen molar-refractivity contribution in [2.45, 2.75) is 19.9 Å². The third kappa shape index (κ3) is 6.21. The summed E-state index contributed by atoms with van der Waals surface area (Å²) < 4.78 is 5.29. The summed E-state index contributed by atoms with van der Waals surface area (Å²) in [6.07, 6.45) is 0.351. The fourth-order valence-corrected chi connectivity index (χ4v) is 2.64. The number of nitrogens with one attached hydrogen (secondary N) is 1. The van der Waals surface area contributed by atoms with Crippen molar-refractivity contribution in [3.05, 3.63) is 59.7 Å². The summed E-state index contributed by atoms with van der Waals surface area (Å²) in [4.78, 5) is 14.4. The van der Waals surface area contributed by atoms with Crippen LogP contribution in [0.25, 0.3) is 0 Å². The van der Waals surface area contributed by atoms with E-state index in [1.165, 1.54) is 0 Å². The van der Waals surface area contributed by atoms with Gasteiger partial charge in [0.15, 0.2) is 0 Å². The molecule has 0 aliphatic carbocycles. The Morgan fingerprint density at radius 2 is 1.92 bits per heavy atom. The predicted molar refractivity (Wildman–Crippen MR) is 99.8 cm³/mol.